The van der Waals surface area contributed by atoms with E-state index in [1.807, 2.05) is 0 Å². The van der Waals surface area contributed by atoms with Crippen molar-refractivity contribution in [2.45, 2.75) is 31.7 Å². The van der Waals surface area contributed by atoms with Crippen molar-refractivity contribution in [1.82, 2.24) is 31.1 Å². The van der Waals surface area contributed by atoms with Gasteiger partial charge in [0, 0.05) is 11.5 Å². The average molecular weight is 422 g/mol. The molecule has 14 heteroatoms. The molecule has 0 radical (unpaired) electrons. The highest BCUT2D eigenvalue weighted by molar-refractivity contribution is 5.84. The lowest BCUT2D eigenvalue weighted by molar-refractivity contribution is -0.143. The van der Waals surface area contributed by atoms with Crippen molar-refractivity contribution >= 4 is 11.8 Å². The molecule has 1 aliphatic rings. The van der Waals surface area contributed by atoms with Gasteiger partial charge in [0.05, 0.1) is 11.1 Å². The van der Waals surface area contributed by atoms with E-state index in [0.29, 0.717) is 29.8 Å². The molecule has 0 aliphatic heterocycles. The summed E-state index contributed by atoms with van der Waals surface area (Å²) in [5.41, 5.74) is 0.642. The van der Waals surface area contributed by atoms with Crippen molar-refractivity contribution in [3.8, 4) is 11.4 Å². The van der Waals surface area contributed by atoms with Gasteiger partial charge in [0.2, 0.25) is 11.7 Å². The molecule has 0 saturated heterocycles. The van der Waals surface area contributed by atoms with Crippen molar-refractivity contribution < 1.29 is 35.9 Å². The number of hydrogen-bond donors (Lipinski definition) is 2. The fraction of sp³-hybridized carbons (Fsp3) is 0.400. The number of nitrogens with zero attached hydrogens (tertiary/aromatic N) is 4. The quantitative estimate of drug-likeness (QED) is 0.579. The molecule has 1 aliphatic carbocycles. The highest BCUT2D eigenvalue weighted by Crippen LogP contribution is 2.37. The SMILES string of the molecule is O=C(Cn1nnc(-c2cc(C(F)(F)F)cc(C(F)(F)F)c2)n1)NNC(=O)C1CC1. The Kier molecular flexibility index (Phi) is 5.19. The Morgan fingerprint density at radius 2 is 1.59 bits per heavy atom. The Labute approximate surface area is 158 Å². The number of rotatable bonds is 4. The van der Waals surface area contributed by atoms with E-state index in [1.165, 1.54) is 0 Å². The molecule has 156 valence electrons. The summed E-state index contributed by atoms with van der Waals surface area (Å²) in [5, 5.41) is 10.5. The zero-order chi connectivity index (χ0) is 21.4. The molecular formula is C15H12F6N6O2. The van der Waals surface area contributed by atoms with Gasteiger partial charge in [-0.1, -0.05) is 0 Å². The number of hydrogen-bond acceptors (Lipinski definition) is 5. The molecule has 2 amide bonds. The first-order chi connectivity index (χ1) is 13.4. The number of carbonyl (C=O) groups excluding carboxylic acids is 2. The predicted molar refractivity (Wildman–Crippen MR) is 82.3 cm³/mol. The monoisotopic (exact) mass is 422 g/mol. The number of benzene rings is 1. The van der Waals surface area contributed by atoms with Crippen LogP contribution in [0.15, 0.2) is 18.2 Å². The molecule has 2 N–H and O–H groups in total. The fourth-order valence-corrected chi connectivity index (χ4v) is 2.26. The predicted octanol–water partition coefficient (Wildman–Crippen LogP) is 1.94. The van der Waals surface area contributed by atoms with Gasteiger partial charge in [-0.3, -0.25) is 20.4 Å². The Hall–Kier alpha value is -3.19. The first kappa shape index (κ1) is 20.5. The van der Waals surface area contributed by atoms with Crippen LogP contribution in [0, 0.1) is 5.92 Å². The third-order valence-electron chi connectivity index (χ3n) is 3.86. The van der Waals surface area contributed by atoms with Gasteiger partial charge in [-0.2, -0.15) is 31.1 Å². The van der Waals surface area contributed by atoms with Gasteiger partial charge in [0.25, 0.3) is 5.91 Å². The van der Waals surface area contributed by atoms with Crippen LogP contribution in [0.1, 0.15) is 24.0 Å². The lowest BCUT2D eigenvalue weighted by Crippen LogP contribution is -2.44. The summed E-state index contributed by atoms with van der Waals surface area (Å²) in [5.74, 6) is -1.82. The number of halogens is 6. The van der Waals surface area contributed by atoms with Crippen LogP contribution < -0.4 is 10.9 Å². The van der Waals surface area contributed by atoms with E-state index < -0.39 is 47.3 Å². The highest BCUT2D eigenvalue weighted by Gasteiger charge is 2.37. The molecule has 1 saturated carbocycles. The Balaban J connectivity index is 1.76. The van der Waals surface area contributed by atoms with Gasteiger partial charge in [0.1, 0.15) is 6.54 Å². The second kappa shape index (κ2) is 7.33. The summed E-state index contributed by atoms with van der Waals surface area (Å²) in [6, 6.07) is 0.878. The van der Waals surface area contributed by atoms with Crippen LogP contribution >= 0.6 is 0 Å². The molecule has 1 aromatic heterocycles. The largest absolute Gasteiger partial charge is 0.416 e. The van der Waals surface area contributed by atoms with E-state index in [4.69, 9.17) is 0 Å². The Morgan fingerprint density at radius 3 is 2.10 bits per heavy atom. The number of aromatic nitrogens is 4. The maximum absolute atomic E-state index is 12.9. The van der Waals surface area contributed by atoms with Gasteiger partial charge in [-0.25, -0.2) is 0 Å². The van der Waals surface area contributed by atoms with E-state index in [-0.39, 0.29) is 17.9 Å². The van der Waals surface area contributed by atoms with Crippen LogP contribution in [0.5, 0.6) is 0 Å². The molecule has 8 nitrogen and oxygen atoms in total. The standard InChI is InChI=1S/C15H12F6N6O2/c16-14(17,18)9-3-8(4-10(5-9)15(19,20)21)12-23-26-27(25-12)6-11(28)22-24-13(29)7-1-2-7/h3-5,7H,1-2,6H2,(H,22,28)(H,24,29). The van der Waals surface area contributed by atoms with Crippen molar-refractivity contribution in [1.29, 1.82) is 0 Å². The van der Waals surface area contributed by atoms with Gasteiger partial charge < -0.3 is 0 Å². The van der Waals surface area contributed by atoms with E-state index in [1.54, 1.807) is 0 Å². The molecule has 0 spiro atoms. The van der Waals surface area contributed by atoms with Crippen LogP contribution in [0.25, 0.3) is 11.4 Å². The maximum Gasteiger partial charge on any atom is 0.416 e. The number of tetrazole rings is 1. The number of nitrogens with one attached hydrogen (secondary N) is 2. The van der Waals surface area contributed by atoms with Gasteiger partial charge in [-0.05, 0) is 36.3 Å². The zero-order valence-corrected chi connectivity index (χ0v) is 14.3. The lowest BCUT2D eigenvalue weighted by atomic mass is 10.0. The molecule has 0 unspecified atom stereocenters. The Bertz CT molecular complexity index is 902. The molecule has 1 heterocycles. The van der Waals surface area contributed by atoms with Crippen LogP contribution in [0.4, 0.5) is 26.3 Å². The Morgan fingerprint density at radius 1 is 1.00 bits per heavy atom. The van der Waals surface area contributed by atoms with E-state index >= 15 is 0 Å². The minimum Gasteiger partial charge on any atom is -0.273 e. The van der Waals surface area contributed by atoms with Gasteiger partial charge in [0.15, 0.2) is 0 Å². The fourth-order valence-electron chi connectivity index (χ4n) is 2.26. The molecule has 1 fully saturated rings. The maximum atomic E-state index is 12.9. The zero-order valence-electron chi connectivity index (χ0n) is 14.3. The normalized spacial score (nSPS) is 14.6. The van der Waals surface area contributed by atoms with Gasteiger partial charge >= 0.3 is 12.4 Å². The summed E-state index contributed by atoms with van der Waals surface area (Å²) >= 11 is 0. The first-order valence-corrected chi connectivity index (χ1v) is 8.10. The minimum absolute atomic E-state index is 0.0239. The molecule has 29 heavy (non-hydrogen) atoms. The summed E-state index contributed by atoms with van der Waals surface area (Å²) in [6.45, 7) is -0.566. The third-order valence-corrected chi connectivity index (χ3v) is 3.86. The second-order valence-corrected chi connectivity index (χ2v) is 6.25. The average Bonchev–Trinajstić information content (AvgIpc) is 3.37. The topological polar surface area (TPSA) is 102 Å². The highest BCUT2D eigenvalue weighted by atomic mass is 19.4. The van der Waals surface area contributed by atoms with Crippen molar-refractivity contribution in [3.05, 3.63) is 29.3 Å². The second-order valence-electron chi connectivity index (χ2n) is 6.25. The number of carbonyl (C=O) groups is 2. The van der Waals surface area contributed by atoms with Gasteiger partial charge in [-0.15, -0.1) is 10.2 Å². The molecule has 0 atom stereocenters. The first-order valence-electron chi connectivity index (χ1n) is 8.10. The molecule has 2 aromatic rings. The minimum atomic E-state index is -5.02. The van der Waals surface area contributed by atoms with E-state index in [9.17, 15) is 35.9 Å². The summed E-state index contributed by atoms with van der Waals surface area (Å²) in [6.07, 6.45) is -8.61. The molecular weight excluding hydrogens is 410 g/mol. The van der Waals surface area contributed by atoms with Crippen LogP contribution in [-0.2, 0) is 28.5 Å². The van der Waals surface area contributed by atoms with E-state index in [2.05, 4.69) is 26.3 Å². The van der Waals surface area contributed by atoms with Crippen LogP contribution in [-0.4, -0.2) is 32.0 Å². The number of hydrazine groups is 1. The molecule has 1 aromatic carbocycles. The number of alkyl halides is 6. The van der Waals surface area contributed by atoms with Crippen molar-refractivity contribution in [2.75, 3.05) is 0 Å². The summed E-state index contributed by atoms with van der Waals surface area (Å²) < 4.78 is 77.5. The van der Waals surface area contributed by atoms with Crippen molar-refractivity contribution in [3.63, 3.8) is 0 Å². The van der Waals surface area contributed by atoms with Crippen LogP contribution in [0.2, 0.25) is 0 Å². The smallest absolute Gasteiger partial charge is 0.273 e. The summed E-state index contributed by atoms with van der Waals surface area (Å²) in [7, 11) is 0. The molecule has 0 bridgehead atoms. The summed E-state index contributed by atoms with van der Waals surface area (Å²) in [4.78, 5) is 23.8. The number of amides is 2. The molecule has 3 rings (SSSR count). The van der Waals surface area contributed by atoms with Crippen LogP contribution in [0.3, 0.4) is 0 Å². The van der Waals surface area contributed by atoms with E-state index in [0.717, 1.165) is 0 Å². The lowest BCUT2D eigenvalue weighted by Gasteiger charge is -2.12. The van der Waals surface area contributed by atoms with Crippen molar-refractivity contribution in [2.24, 2.45) is 5.92 Å². The third kappa shape index (κ3) is 5.20.